The maximum Gasteiger partial charge on any atom is 0.0617 e. The number of nitrogens with zero attached hydrogens (tertiary/aromatic N) is 1. The second-order valence-electron chi connectivity index (χ2n) is 3.26. The van der Waals surface area contributed by atoms with Crippen LogP contribution in [0.15, 0.2) is 27.9 Å². The molecule has 1 aliphatic carbocycles. The Morgan fingerprint density at radius 1 is 1.45 bits per heavy atom. The summed E-state index contributed by atoms with van der Waals surface area (Å²) in [6, 6.07) is 0. The van der Waals surface area contributed by atoms with Crippen LogP contribution in [0.1, 0.15) is 32.6 Å². The Labute approximate surface area is 67.5 Å². The fourth-order valence-electron chi connectivity index (χ4n) is 1.74. The molecule has 1 nitrogen and oxygen atoms in total. The smallest absolute Gasteiger partial charge is 0.0617 e. The van der Waals surface area contributed by atoms with E-state index >= 15 is 0 Å². The minimum atomic E-state index is 1.06. The number of rotatable bonds is 0. The summed E-state index contributed by atoms with van der Waals surface area (Å²) in [5, 5.41) is 0. The highest BCUT2D eigenvalue weighted by Gasteiger charge is 2.13. The van der Waals surface area contributed by atoms with Gasteiger partial charge in [0, 0.05) is 12.6 Å². The van der Waals surface area contributed by atoms with Gasteiger partial charge in [0.2, 0.25) is 0 Å². The van der Waals surface area contributed by atoms with Gasteiger partial charge in [-0.3, -0.25) is 4.99 Å². The lowest BCUT2D eigenvalue weighted by Gasteiger charge is -2.19. The number of allylic oxidation sites excluding steroid dienone is 3. The standard InChI is InChI=1S/C10H13N/c1-8-6-7-11-10-5-3-2-4-9(8)10/h5,7H,2-4,6H2,1H3. The lowest BCUT2D eigenvalue weighted by atomic mass is 9.92. The van der Waals surface area contributed by atoms with Gasteiger partial charge < -0.3 is 0 Å². The van der Waals surface area contributed by atoms with E-state index < -0.39 is 0 Å². The van der Waals surface area contributed by atoms with E-state index in [0.717, 1.165) is 6.42 Å². The van der Waals surface area contributed by atoms with Gasteiger partial charge in [0.15, 0.2) is 0 Å². The molecule has 0 atom stereocenters. The third kappa shape index (κ3) is 1.15. The predicted octanol–water partition coefficient (Wildman–Crippen LogP) is 2.85. The lowest BCUT2D eigenvalue weighted by molar-refractivity contribution is 0.781. The van der Waals surface area contributed by atoms with Crippen LogP contribution in [-0.2, 0) is 0 Å². The van der Waals surface area contributed by atoms with Gasteiger partial charge in [-0.25, -0.2) is 0 Å². The van der Waals surface area contributed by atoms with Crippen LogP contribution < -0.4 is 0 Å². The summed E-state index contributed by atoms with van der Waals surface area (Å²) in [7, 11) is 0. The molecule has 0 saturated heterocycles. The average molecular weight is 147 g/mol. The fraction of sp³-hybridized carbons (Fsp3) is 0.500. The summed E-state index contributed by atoms with van der Waals surface area (Å²) in [6.07, 6.45) is 9.12. The molecule has 0 saturated carbocycles. The molecule has 0 bridgehead atoms. The van der Waals surface area contributed by atoms with Gasteiger partial charge in [-0.15, -0.1) is 0 Å². The molecule has 1 heteroatoms. The Bertz CT molecular complexity index is 256. The maximum absolute atomic E-state index is 4.38. The quantitative estimate of drug-likeness (QED) is 0.499. The average Bonchev–Trinajstić information content (AvgIpc) is 2.06. The van der Waals surface area contributed by atoms with E-state index in [-0.39, 0.29) is 0 Å². The van der Waals surface area contributed by atoms with E-state index in [1.54, 1.807) is 0 Å². The van der Waals surface area contributed by atoms with Crippen LogP contribution >= 0.6 is 0 Å². The normalized spacial score (nSPS) is 23.2. The minimum absolute atomic E-state index is 1.06. The van der Waals surface area contributed by atoms with E-state index in [1.165, 1.54) is 36.1 Å². The second kappa shape index (κ2) is 2.65. The highest BCUT2D eigenvalue weighted by atomic mass is 14.7. The fourth-order valence-corrected chi connectivity index (χ4v) is 1.74. The highest BCUT2D eigenvalue weighted by Crippen LogP contribution is 2.30. The largest absolute Gasteiger partial charge is 0.261 e. The third-order valence-corrected chi connectivity index (χ3v) is 2.42. The Kier molecular flexibility index (Phi) is 1.65. The first-order valence-electron chi connectivity index (χ1n) is 4.29. The Hall–Kier alpha value is -0.850. The van der Waals surface area contributed by atoms with Gasteiger partial charge in [0.05, 0.1) is 5.70 Å². The third-order valence-electron chi connectivity index (χ3n) is 2.42. The second-order valence-corrected chi connectivity index (χ2v) is 3.26. The first-order chi connectivity index (χ1) is 5.38. The van der Waals surface area contributed by atoms with Crippen molar-refractivity contribution in [3.63, 3.8) is 0 Å². The summed E-state index contributed by atoms with van der Waals surface area (Å²) < 4.78 is 0. The molecule has 0 aromatic rings. The van der Waals surface area contributed by atoms with E-state index in [2.05, 4.69) is 18.0 Å². The summed E-state index contributed by atoms with van der Waals surface area (Å²) in [6.45, 7) is 2.22. The predicted molar refractivity (Wildman–Crippen MR) is 47.7 cm³/mol. The molecular formula is C10H13N. The zero-order chi connectivity index (χ0) is 7.68. The van der Waals surface area contributed by atoms with Gasteiger partial charge in [-0.05, 0) is 31.8 Å². The van der Waals surface area contributed by atoms with E-state index in [4.69, 9.17) is 0 Å². The van der Waals surface area contributed by atoms with Crippen molar-refractivity contribution in [2.24, 2.45) is 4.99 Å². The Balaban J connectivity index is 2.40. The Morgan fingerprint density at radius 3 is 3.18 bits per heavy atom. The van der Waals surface area contributed by atoms with Crippen LogP contribution in [0.3, 0.4) is 0 Å². The van der Waals surface area contributed by atoms with Crippen LogP contribution in [0.25, 0.3) is 0 Å². The molecule has 0 spiro atoms. The monoisotopic (exact) mass is 147 g/mol. The summed E-state index contributed by atoms with van der Waals surface area (Å²) in [5.74, 6) is 0. The molecular weight excluding hydrogens is 134 g/mol. The zero-order valence-corrected chi connectivity index (χ0v) is 6.93. The van der Waals surface area contributed by atoms with Gasteiger partial charge in [-0.1, -0.05) is 11.6 Å². The van der Waals surface area contributed by atoms with E-state index in [9.17, 15) is 0 Å². The topological polar surface area (TPSA) is 12.4 Å². The SMILES string of the molecule is CC1=C2CCCC=C2N=CC1. The summed E-state index contributed by atoms with van der Waals surface area (Å²) in [4.78, 5) is 4.38. The van der Waals surface area contributed by atoms with Crippen LogP contribution in [-0.4, -0.2) is 6.21 Å². The van der Waals surface area contributed by atoms with Crippen molar-refractivity contribution in [2.45, 2.75) is 32.6 Å². The van der Waals surface area contributed by atoms with Crippen LogP contribution in [0.2, 0.25) is 0 Å². The van der Waals surface area contributed by atoms with Crippen molar-refractivity contribution in [2.75, 3.05) is 0 Å². The molecule has 0 N–H and O–H groups in total. The zero-order valence-electron chi connectivity index (χ0n) is 6.93. The van der Waals surface area contributed by atoms with Gasteiger partial charge in [0.1, 0.15) is 0 Å². The minimum Gasteiger partial charge on any atom is -0.261 e. The Morgan fingerprint density at radius 2 is 2.36 bits per heavy atom. The van der Waals surface area contributed by atoms with E-state index in [1.807, 2.05) is 6.21 Å². The first kappa shape index (κ1) is 6.84. The van der Waals surface area contributed by atoms with Crippen LogP contribution in [0.5, 0.6) is 0 Å². The van der Waals surface area contributed by atoms with Crippen LogP contribution in [0.4, 0.5) is 0 Å². The van der Waals surface area contributed by atoms with Gasteiger partial charge >= 0.3 is 0 Å². The van der Waals surface area contributed by atoms with Crippen molar-refractivity contribution in [3.05, 3.63) is 22.9 Å². The van der Waals surface area contributed by atoms with Crippen molar-refractivity contribution in [3.8, 4) is 0 Å². The summed E-state index contributed by atoms with van der Waals surface area (Å²) >= 11 is 0. The number of hydrogen-bond donors (Lipinski definition) is 0. The highest BCUT2D eigenvalue weighted by molar-refractivity contribution is 5.68. The number of fused-ring (bicyclic) bond motifs is 1. The van der Waals surface area contributed by atoms with Gasteiger partial charge in [-0.2, -0.15) is 0 Å². The maximum atomic E-state index is 4.38. The summed E-state index contributed by atoms with van der Waals surface area (Å²) in [5.41, 5.74) is 4.28. The molecule has 0 fully saturated rings. The molecule has 2 rings (SSSR count). The number of dihydropyridines is 1. The van der Waals surface area contributed by atoms with Gasteiger partial charge in [0.25, 0.3) is 0 Å². The van der Waals surface area contributed by atoms with Crippen molar-refractivity contribution in [1.29, 1.82) is 0 Å². The molecule has 0 amide bonds. The molecule has 58 valence electrons. The molecule has 2 aliphatic rings. The molecule has 0 aromatic carbocycles. The first-order valence-corrected chi connectivity index (χ1v) is 4.29. The van der Waals surface area contributed by atoms with E-state index in [0.29, 0.717) is 0 Å². The lowest BCUT2D eigenvalue weighted by Crippen LogP contribution is -2.02. The molecule has 1 heterocycles. The molecule has 11 heavy (non-hydrogen) atoms. The molecule has 0 unspecified atom stereocenters. The van der Waals surface area contributed by atoms with Crippen LogP contribution in [0, 0.1) is 0 Å². The number of hydrogen-bond acceptors (Lipinski definition) is 1. The van der Waals surface area contributed by atoms with Crippen molar-refractivity contribution in [1.82, 2.24) is 0 Å². The van der Waals surface area contributed by atoms with Crippen molar-refractivity contribution < 1.29 is 0 Å². The van der Waals surface area contributed by atoms with Crippen molar-refractivity contribution >= 4 is 6.21 Å². The molecule has 0 aromatic heterocycles. The number of aliphatic imine (C=N–C) groups is 1. The molecule has 1 aliphatic heterocycles. The molecule has 0 radical (unpaired) electrons.